The van der Waals surface area contributed by atoms with Gasteiger partial charge in [0.1, 0.15) is 5.69 Å². The van der Waals surface area contributed by atoms with Crippen molar-refractivity contribution in [1.82, 2.24) is 24.2 Å². The lowest BCUT2D eigenvalue weighted by Crippen LogP contribution is -2.49. The Kier molecular flexibility index (Phi) is 5.11. The van der Waals surface area contributed by atoms with Gasteiger partial charge in [0.2, 0.25) is 5.78 Å². The van der Waals surface area contributed by atoms with Crippen LogP contribution >= 0.6 is 11.6 Å². The molecule has 2 fully saturated rings. The summed E-state index contributed by atoms with van der Waals surface area (Å²) in [6, 6.07) is 0.540. The summed E-state index contributed by atoms with van der Waals surface area (Å²) < 4.78 is 7.15. The first-order valence-corrected chi connectivity index (χ1v) is 9.61. The van der Waals surface area contributed by atoms with Gasteiger partial charge in [0.15, 0.2) is 0 Å². The summed E-state index contributed by atoms with van der Waals surface area (Å²) in [6.07, 6.45) is 7.02. The predicted octanol–water partition coefficient (Wildman–Crippen LogP) is 1.96. The van der Waals surface area contributed by atoms with Crippen LogP contribution in [0.1, 0.15) is 30.3 Å². The molecule has 0 saturated carbocycles. The fourth-order valence-electron chi connectivity index (χ4n) is 3.99. The van der Waals surface area contributed by atoms with Crippen LogP contribution in [0.4, 0.5) is 0 Å². The highest BCUT2D eigenvalue weighted by molar-refractivity contribution is 6.30. The highest BCUT2D eigenvalue weighted by atomic mass is 35.5. The molecule has 0 unspecified atom stereocenters. The van der Waals surface area contributed by atoms with Gasteiger partial charge in [0, 0.05) is 44.6 Å². The number of amides is 1. The molecule has 4 rings (SSSR count). The summed E-state index contributed by atoms with van der Waals surface area (Å²) >= 11 is 5.95. The van der Waals surface area contributed by atoms with E-state index in [0.29, 0.717) is 28.5 Å². The smallest absolute Gasteiger partial charge is 0.274 e. The fraction of sp³-hybridized carbons (Fsp3) is 0.611. The number of nitrogens with zero attached hydrogens (tertiary/aromatic N) is 5. The summed E-state index contributed by atoms with van der Waals surface area (Å²) in [5.74, 6) is 1.09. The topological polar surface area (TPSA) is 63.0 Å². The van der Waals surface area contributed by atoms with E-state index in [2.05, 4.69) is 21.8 Å². The van der Waals surface area contributed by atoms with E-state index in [1.54, 1.807) is 16.8 Å². The van der Waals surface area contributed by atoms with Crippen molar-refractivity contribution >= 4 is 23.3 Å². The zero-order valence-electron chi connectivity index (χ0n) is 15.0. The third-order valence-corrected chi connectivity index (χ3v) is 5.82. The lowest BCUT2D eigenvalue weighted by molar-refractivity contribution is -0.000982. The highest BCUT2D eigenvalue weighted by Crippen LogP contribution is 2.25. The van der Waals surface area contributed by atoms with Crippen molar-refractivity contribution in [3.63, 3.8) is 0 Å². The number of ether oxygens (including phenoxy) is 1. The van der Waals surface area contributed by atoms with Crippen LogP contribution in [-0.2, 0) is 4.74 Å². The summed E-state index contributed by atoms with van der Waals surface area (Å²) in [5, 5.41) is 0.520. The third kappa shape index (κ3) is 3.56. The molecular formula is C18H24ClN5O2. The van der Waals surface area contributed by atoms with E-state index in [9.17, 15) is 4.79 Å². The van der Waals surface area contributed by atoms with Crippen molar-refractivity contribution in [2.75, 3.05) is 39.4 Å². The molecule has 2 aliphatic rings. The van der Waals surface area contributed by atoms with Gasteiger partial charge in [0.05, 0.1) is 24.4 Å². The molecule has 2 aromatic heterocycles. The van der Waals surface area contributed by atoms with E-state index in [4.69, 9.17) is 16.3 Å². The second-order valence-corrected chi connectivity index (χ2v) is 7.56. The first-order valence-electron chi connectivity index (χ1n) is 9.23. The number of carbonyl (C=O) groups excluding carboxylic acids is 1. The molecule has 7 nitrogen and oxygen atoms in total. The number of piperidine rings is 1. The number of morpholine rings is 1. The van der Waals surface area contributed by atoms with Gasteiger partial charge in [-0.05, 0) is 25.7 Å². The molecule has 0 radical (unpaired) electrons. The standard InChI is InChI=1S/C18H24ClN5O2/c1-13(22-6-8-26-9-7-22)14-2-4-23(5-3-14)17(25)16-12-24-11-15(19)10-20-18(24)21-16/h10-14H,2-9H2,1H3/t13-/m1/s1. The maximum Gasteiger partial charge on any atom is 0.274 e. The summed E-state index contributed by atoms with van der Waals surface area (Å²) in [4.78, 5) is 25.7. The Morgan fingerprint density at radius 3 is 2.69 bits per heavy atom. The Morgan fingerprint density at radius 1 is 1.23 bits per heavy atom. The van der Waals surface area contributed by atoms with Gasteiger partial charge in [-0.15, -0.1) is 0 Å². The number of aromatic nitrogens is 3. The van der Waals surface area contributed by atoms with Gasteiger partial charge in [-0.25, -0.2) is 9.97 Å². The van der Waals surface area contributed by atoms with E-state index in [-0.39, 0.29) is 5.91 Å². The number of fused-ring (bicyclic) bond motifs is 1. The maximum absolute atomic E-state index is 12.8. The van der Waals surface area contributed by atoms with Crippen LogP contribution in [-0.4, -0.2) is 75.5 Å². The molecule has 0 aliphatic carbocycles. The number of rotatable bonds is 3. The lowest BCUT2D eigenvalue weighted by atomic mass is 9.89. The van der Waals surface area contributed by atoms with Gasteiger partial charge >= 0.3 is 0 Å². The zero-order chi connectivity index (χ0) is 18.1. The average molecular weight is 378 g/mol. The zero-order valence-corrected chi connectivity index (χ0v) is 15.7. The number of imidazole rings is 1. The second kappa shape index (κ2) is 7.50. The summed E-state index contributed by atoms with van der Waals surface area (Å²) in [7, 11) is 0. The molecule has 2 aromatic rings. The molecule has 0 aromatic carbocycles. The summed E-state index contributed by atoms with van der Waals surface area (Å²) in [5.41, 5.74) is 0.430. The minimum atomic E-state index is -0.0240. The van der Waals surface area contributed by atoms with Gasteiger partial charge < -0.3 is 9.64 Å². The third-order valence-electron chi connectivity index (χ3n) is 5.63. The molecule has 0 bridgehead atoms. The van der Waals surface area contributed by atoms with E-state index in [1.807, 2.05) is 4.90 Å². The predicted molar refractivity (Wildman–Crippen MR) is 98.5 cm³/mol. The lowest BCUT2D eigenvalue weighted by Gasteiger charge is -2.40. The number of hydrogen-bond donors (Lipinski definition) is 0. The SMILES string of the molecule is C[C@H](C1CCN(C(=O)c2cn3cc(Cl)cnc3n2)CC1)N1CCOCC1. The van der Waals surface area contributed by atoms with Crippen LogP contribution in [0.5, 0.6) is 0 Å². The Balaban J connectivity index is 1.38. The van der Waals surface area contributed by atoms with Gasteiger partial charge in [0.25, 0.3) is 5.91 Å². The quantitative estimate of drug-likeness (QED) is 0.818. The Morgan fingerprint density at radius 2 is 1.96 bits per heavy atom. The van der Waals surface area contributed by atoms with Crippen LogP contribution in [0.2, 0.25) is 5.02 Å². The first-order chi connectivity index (χ1) is 12.6. The molecule has 8 heteroatoms. The normalized spacial score (nSPS) is 21.2. The van der Waals surface area contributed by atoms with Crippen LogP contribution < -0.4 is 0 Å². The van der Waals surface area contributed by atoms with Gasteiger partial charge in [-0.1, -0.05) is 11.6 Å². The molecular weight excluding hydrogens is 354 g/mol. The minimum Gasteiger partial charge on any atom is -0.379 e. The Labute approximate surface area is 157 Å². The highest BCUT2D eigenvalue weighted by Gasteiger charge is 2.31. The van der Waals surface area contributed by atoms with Crippen molar-refractivity contribution < 1.29 is 9.53 Å². The maximum atomic E-state index is 12.8. The van der Waals surface area contributed by atoms with Crippen molar-refractivity contribution in [1.29, 1.82) is 0 Å². The van der Waals surface area contributed by atoms with Gasteiger partial charge in [-0.2, -0.15) is 0 Å². The fourth-order valence-corrected chi connectivity index (χ4v) is 4.15. The van der Waals surface area contributed by atoms with Crippen LogP contribution in [0.3, 0.4) is 0 Å². The molecule has 26 heavy (non-hydrogen) atoms. The molecule has 0 N–H and O–H groups in total. The van der Waals surface area contributed by atoms with Crippen LogP contribution in [0.15, 0.2) is 18.6 Å². The number of likely N-dealkylation sites (tertiary alicyclic amines) is 1. The van der Waals surface area contributed by atoms with Crippen LogP contribution in [0, 0.1) is 5.92 Å². The number of halogens is 1. The number of hydrogen-bond acceptors (Lipinski definition) is 5. The first kappa shape index (κ1) is 17.7. The van der Waals surface area contributed by atoms with Gasteiger partial charge in [-0.3, -0.25) is 14.1 Å². The molecule has 1 amide bonds. The van der Waals surface area contributed by atoms with E-state index in [1.165, 1.54) is 6.20 Å². The van der Waals surface area contributed by atoms with Crippen molar-refractivity contribution in [2.24, 2.45) is 5.92 Å². The molecule has 2 aliphatic heterocycles. The Bertz CT molecular complexity index is 781. The molecule has 1 atom stereocenters. The number of carbonyl (C=O) groups is 1. The molecule has 2 saturated heterocycles. The monoisotopic (exact) mass is 377 g/mol. The van der Waals surface area contributed by atoms with Crippen molar-refractivity contribution in [3.8, 4) is 0 Å². The molecule has 140 valence electrons. The average Bonchev–Trinajstić information content (AvgIpc) is 3.11. The van der Waals surface area contributed by atoms with E-state index < -0.39 is 0 Å². The Hall–Kier alpha value is -1.70. The summed E-state index contributed by atoms with van der Waals surface area (Å²) in [6.45, 7) is 7.54. The second-order valence-electron chi connectivity index (χ2n) is 7.12. The molecule has 0 spiro atoms. The minimum absolute atomic E-state index is 0.0240. The van der Waals surface area contributed by atoms with Crippen LogP contribution in [0.25, 0.3) is 5.78 Å². The van der Waals surface area contributed by atoms with Crippen molar-refractivity contribution in [2.45, 2.75) is 25.8 Å². The molecule has 4 heterocycles. The van der Waals surface area contributed by atoms with Crippen molar-refractivity contribution in [3.05, 3.63) is 29.3 Å². The largest absolute Gasteiger partial charge is 0.379 e. The van der Waals surface area contributed by atoms with E-state index >= 15 is 0 Å². The van der Waals surface area contributed by atoms with E-state index in [0.717, 1.165) is 52.2 Å².